The van der Waals surface area contributed by atoms with Crippen molar-refractivity contribution in [2.75, 3.05) is 0 Å². The smallest absolute Gasteiger partial charge is 0.192 e. The molecule has 3 rings (SSSR count). The van der Waals surface area contributed by atoms with E-state index in [2.05, 4.69) is 72.8 Å². The van der Waals surface area contributed by atoms with Gasteiger partial charge in [-0.1, -0.05) is 78.9 Å². The summed E-state index contributed by atoms with van der Waals surface area (Å²) in [4.78, 5) is 0. The molecule has 0 radical (unpaired) electrons. The van der Waals surface area contributed by atoms with E-state index in [1.165, 1.54) is 15.9 Å². The van der Waals surface area contributed by atoms with Gasteiger partial charge in [0.2, 0.25) is 0 Å². The minimum Gasteiger partial charge on any atom is -0.427 e. The van der Waals surface area contributed by atoms with Crippen LogP contribution in [0, 0.1) is 0 Å². The van der Waals surface area contributed by atoms with Crippen LogP contribution in [0.5, 0.6) is 5.75 Å². The second-order valence-corrected chi connectivity index (χ2v) is 7.18. The lowest BCUT2D eigenvalue weighted by molar-refractivity contribution is 0.723. The second-order valence-electron chi connectivity index (χ2n) is 4.55. The Morgan fingerprint density at radius 1 is 0.619 bits per heavy atom. The molecule has 0 spiro atoms. The zero-order chi connectivity index (χ0) is 14.5. The van der Waals surface area contributed by atoms with Crippen molar-refractivity contribution in [1.82, 2.24) is 0 Å². The predicted octanol–water partition coefficient (Wildman–Crippen LogP) is 4.17. The normalized spacial score (nSPS) is 10.6. The Bertz CT molecular complexity index is 661. The molecule has 0 bridgehead atoms. The molecule has 0 aromatic heterocycles. The molecule has 0 N–H and O–H groups in total. The zero-order valence-electron chi connectivity index (χ0n) is 11.3. The van der Waals surface area contributed by atoms with Gasteiger partial charge in [0.25, 0.3) is 0 Å². The van der Waals surface area contributed by atoms with Crippen molar-refractivity contribution in [3.8, 4) is 5.75 Å². The topological polar surface area (TPSA) is 9.23 Å². The zero-order valence-corrected chi connectivity index (χ0v) is 14.4. The van der Waals surface area contributed by atoms with Crippen molar-refractivity contribution in [3.63, 3.8) is 0 Å². The average molecular weight is 404 g/mol. The summed E-state index contributed by atoms with van der Waals surface area (Å²) < 4.78 is 5.56. The lowest BCUT2D eigenvalue weighted by Gasteiger charge is -2.20. The van der Waals surface area contributed by atoms with Gasteiger partial charge in [-0.05, 0) is 24.6 Å². The van der Waals surface area contributed by atoms with Gasteiger partial charge in [0.05, 0.1) is 0 Å². The Labute approximate surface area is 140 Å². The van der Waals surface area contributed by atoms with Gasteiger partial charge in [0, 0.05) is 5.30 Å². The van der Waals surface area contributed by atoms with E-state index >= 15 is 0 Å². The first-order valence-corrected chi connectivity index (χ1v) is 8.90. The highest BCUT2D eigenvalue weighted by molar-refractivity contribution is 14.1. The summed E-state index contributed by atoms with van der Waals surface area (Å²) in [6.45, 7) is 0. The van der Waals surface area contributed by atoms with Crippen LogP contribution >= 0.6 is 30.9 Å². The quantitative estimate of drug-likeness (QED) is 0.469. The Morgan fingerprint density at radius 2 is 1.10 bits per heavy atom. The SMILES string of the molecule is IOc1ccccc1P(c1ccccc1)c1ccccc1. The fourth-order valence-corrected chi connectivity index (χ4v) is 5.22. The summed E-state index contributed by atoms with van der Waals surface area (Å²) in [5.41, 5.74) is 0. The van der Waals surface area contributed by atoms with E-state index in [0.717, 1.165) is 5.75 Å². The molecular formula is C18H14IOP. The molecule has 0 saturated carbocycles. The average Bonchev–Trinajstić information content (AvgIpc) is 2.58. The highest BCUT2D eigenvalue weighted by Gasteiger charge is 2.19. The monoisotopic (exact) mass is 404 g/mol. The highest BCUT2D eigenvalue weighted by atomic mass is 127. The van der Waals surface area contributed by atoms with Crippen molar-refractivity contribution in [3.05, 3.63) is 84.9 Å². The molecule has 0 atom stereocenters. The summed E-state index contributed by atoms with van der Waals surface area (Å²) >= 11 is 1.96. The van der Waals surface area contributed by atoms with Crippen molar-refractivity contribution in [2.24, 2.45) is 0 Å². The van der Waals surface area contributed by atoms with Crippen molar-refractivity contribution >= 4 is 46.8 Å². The van der Waals surface area contributed by atoms with Crippen LogP contribution in [0.4, 0.5) is 0 Å². The molecule has 0 heterocycles. The van der Waals surface area contributed by atoms with Crippen molar-refractivity contribution in [2.45, 2.75) is 0 Å². The molecular weight excluding hydrogens is 390 g/mol. The number of benzene rings is 3. The number of halogens is 1. The molecule has 0 fully saturated rings. The molecule has 3 aromatic carbocycles. The van der Waals surface area contributed by atoms with Crippen LogP contribution in [0.15, 0.2) is 84.9 Å². The number of hydrogen-bond acceptors (Lipinski definition) is 1. The van der Waals surface area contributed by atoms with Crippen molar-refractivity contribution < 1.29 is 3.07 Å². The summed E-state index contributed by atoms with van der Waals surface area (Å²) in [6, 6.07) is 29.6. The van der Waals surface area contributed by atoms with E-state index in [0.29, 0.717) is 0 Å². The van der Waals surface area contributed by atoms with E-state index in [-0.39, 0.29) is 0 Å². The fourth-order valence-electron chi connectivity index (χ4n) is 2.29. The molecule has 0 saturated heterocycles. The molecule has 21 heavy (non-hydrogen) atoms. The van der Waals surface area contributed by atoms with Crippen LogP contribution in [0.3, 0.4) is 0 Å². The molecule has 3 aromatic rings. The maximum atomic E-state index is 5.56. The lowest BCUT2D eigenvalue weighted by atomic mass is 10.3. The Morgan fingerprint density at radius 3 is 1.62 bits per heavy atom. The summed E-state index contributed by atoms with van der Waals surface area (Å²) in [6.07, 6.45) is 0. The van der Waals surface area contributed by atoms with Gasteiger partial charge in [-0.2, -0.15) is 0 Å². The molecule has 0 aliphatic heterocycles. The highest BCUT2D eigenvalue weighted by Crippen LogP contribution is 2.36. The van der Waals surface area contributed by atoms with Crippen LogP contribution in [0.25, 0.3) is 0 Å². The van der Waals surface area contributed by atoms with Gasteiger partial charge >= 0.3 is 0 Å². The largest absolute Gasteiger partial charge is 0.427 e. The number of para-hydroxylation sites is 1. The van der Waals surface area contributed by atoms with Gasteiger partial charge in [0.1, 0.15) is 5.75 Å². The lowest BCUT2D eigenvalue weighted by Crippen LogP contribution is -2.21. The standard InChI is InChI=1S/C18H14IOP/c19-20-17-13-7-8-14-18(17)21(15-9-3-1-4-10-15)16-11-5-2-6-12-16/h1-14H. The van der Waals surface area contributed by atoms with E-state index < -0.39 is 7.92 Å². The van der Waals surface area contributed by atoms with Crippen LogP contribution in [0.2, 0.25) is 0 Å². The maximum Gasteiger partial charge on any atom is 0.192 e. The minimum atomic E-state index is -0.602. The van der Waals surface area contributed by atoms with Crippen LogP contribution in [0.1, 0.15) is 0 Å². The fraction of sp³-hybridized carbons (Fsp3) is 0. The Hall–Kier alpha value is -1.38. The third kappa shape index (κ3) is 3.28. The first-order chi connectivity index (χ1) is 10.4. The van der Waals surface area contributed by atoms with Gasteiger partial charge in [-0.15, -0.1) is 0 Å². The predicted molar refractivity (Wildman–Crippen MR) is 99.8 cm³/mol. The first-order valence-electron chi connectivity index (χ1n) is 6.68. The van der Waals surface area contributed by atoms with Crippen LogP contribution in [-0.4, -0.2) is 0 Å². The van der Waals surface area contributed by atoms with E-state index in [1.807, 2.05) is 35.1 Å². The van der Waals surface area contributed by atoms with Gasteiger partial charge < -0.3 is 3.07 Å². The van der Waals surface area contributed by atoms with Gasteiger partial charge in [0.15, 0.2) is 23.0 Å². The molecule has 1 nitrogen and oxygen atoms in total. The molecule has 104 valence electrons. The summed E-state index contributed by atoms with van der Waals surface area (Å²) in [5, 5.41) is 3.92. The number of rotatable bonds is 4. The molecule has 0 aliphatic rings. The third-order valence-corrected chi connectivity index (χ3v) is 6.17. The maximum absolute atomic E-state index is 5.56. The molecule has 0 unspecified atom stereocenters. The van der Waals surface area contributed by atoms with Crippen molar-refractivity contribution in [1.29, 1.82) is 0 Å². The van der Waals surface area contributed by atoms with E-state index in [9.17, 15) is 0 Å². The van der Waals surface area contributed by atoms with Crippen LogP contribution < -0.4 is 19.0 Å². The molecule has 0 amide bonds. The van der Waals surface area contributed by atoms with E-state index in [1.54, 1.807) is 0 Å². The van der Waals surface area contributed by atoms with Gasteiger partial charge in [-0.25, -0.2) is 0 Å². The Balaban J connectivity index is 2.17. The first kappa shape index (κ1) is 14.6. The third-order valence-electron chi connectivity index (χ3n) is 3.22. The summed E-state index contributed by atoms with van der Waals surface area (Å²) in [5.74, 6) is 0.942. The number of hydrogen-bond donors (Lipinski definition) is 0. The minimum absolute atomic E-state index is 0.602. The summed E-state index contributed by atoms with van der Waals surface area (Å²) in [7, 11) is -0.602. The Kier molecular flexibility index (Phi) is 4.89. The molecule has 3 heteroatoms. The second kappa shape index (κ2) is 7.06. The molecule has 0 aliphatic carbocycles. The van der Waals surface area contributed by atoms with Gasteiger partial charge in [-0.3, -0.25) is 0 Å². The van der Waals surface area contributed by atoms with E-state index in [4.69, 9.17) is 3.07 Å². The van der Waals surface area contributed by atoms with Crippen LogP contribution in [-0.2, 0) is 0 Å².